The minimum atomic E-state index is -0.0555. The lowest BCUT2D eigenvalue weighted by molar-refractivity contribution is -0.127. The number of aromatic amines is 1. The smallest absolute Gasteiger partial charge is 0.237 e. The lowest BCUT2D eigenvalue weighted by Gasteiger charge is -2.29. The molecule has 2 fully saturated rings. The molecule has 0 bridgehead atoms. The molecule has 4 rings (SSSR count). The van der Waals surface area contributed by atoms with Crippen molar-refractivity contribution in [2.75, 3.05) is 0 Å². The second-order valence-electron chi connectivity index (χ2n) is 7.47. The molecule has 2 aliphatic carbocycles. The first-order chi connectivity index (χ1) is 11.7. The summed E-state index contributed by atoms with van der Waals surface area (Å²) in [6, 6.07) is 9.57. The maximum absolute atomic E-state index is 12.7. The third-order valence-electron chi connectivity index (χ3n) is 5.58. The van der Waals surface area contributed by atoms with Crippen LogP contribution in [0.1, 0.15) is 51.0 Å². The van der Waals surface area contributed by atoms with Gasteiger partial charge < -0.3 is 10.3 Å². The Kier molecular flexibility index (Phi) is 4.31. The van der Waals surface area contributed by atoms with Gasteiger partial charge >= 0.3 is 0 Å². The van der Waals surface area contributed by atoms with Crippen molar-refractivity contribution < 1.29 is 4.79 Å². The van der Waals surface area contributed by atoms with Gasteiger partial charge in [0.05, 0.1) is 6.04 Å². The molecule has 1 aromatic heterocycles. The molecule has 1 amide bonds. The molecule has 2 aliphatic rings. The van der Waals surface area contributed by atoms with Gasteiger partial charge in [0.15, 0.2) is 0 Å². The normalized spacial score (nSPS) is 19.9. The molecule has 128 valence electrons. The summed E-state index contributed by atoms with van der Waals surface area (Å²) in [6.45, 7) is 2.92. The molecule has 4 heteroatoms. The van der Waals surface area contributed by atoms with E-state index in [9.17, 15) is 4.79 Å². The molecule has 1 atom stereocenters. The van der Waals surface area contributed by atoms with Gasteiger partial charge in [0, 0.05) is 30.3 Å². The number of hydrogen-bond donors (Lipinski definition) is 2. The van der Waals surface area contributed by atoms with E-state index in [4.69, 9.17) is 0 Å². The van der Waals surface area contributed by atoms with Gasteiger partial charge in [-0.05, 0) is 61.8 Å². The Labute approximate surface area is 143 Å². The van der Waals surface area contributed by atoms with Gasteiger partial charge in [0.2, 0.25) is 5.91 Å². The Hall–Kier alpha value is -1.81. The lowest BCUT2D eigenvalue weighted by Crippen LogP contribution is -2.48. The zero-order valence-corrected chi connectivity index (χ0v) is 14.4. The fourth-order valence-electron chi connectivity index (χ4n) is 3.94. The van der Waals surface area contributed by atoms with Crippen molar-refractivity contribution in [2.45, 2.75) is 70.1 Å². The number of hydrogen-bond acceptors (Lipinski definition) is 2. The summed E-state index contributed by atoms with van der Waals surface area (Å²) in [5.41, 5.74) is 2.46. The van der Waals surface area contributed by atoms with E-state index in [1.807, 2.05) is 6.20 Å². The van der Waals surface area contributed by atoms with E-state index in [-0.39, 0.29) is 11.9 Å². The number of amides is 1. The number of carbonyl (C=O) groups excluding carboxylic acids is 1. The van der Waals surface area contributed by atoms with Gasteiger partial charge in [-0.3, -0.25) is 9.69 Å². The highest BCUT2D eigenvalue weighted by molar-refractivity contribution is 5.82. The maximum Gasteiger partial charge on any atom is 0.237 e. The SMILES string of the molecule is C[C@H](C(=O)NC1CCCC1)N(Cc1ccc2[nH]ccc2c1)C1CC1. The van der Waals surface area contributed by atoms with Crippen LogP contribution in [-0.2, 0) is 11.3 Å². The van der Waals surface area contributed by atoms with Crippen LogP contribution < -0.4 is 5.32 Å². The van der Waals surface area contributed by atoms with Crippen molar-refractivity contribution in [2.24, 2.45) is 0 Å². The van der Waals surface area contributed by atoms with Crippen LogP contribution in [0.4, 0.5) is 0 Å². The number of carbonyl (C=O) groups is 1. The third-order valence-corrected chi connectivity index (χ3v) is 5.58. The molecule has 0 unspecified atom stereocenters. The van der Waals surface area contributed by atoms with Crippen molar-refractivity contribution in [3.05, 3.63) is 36.0 Å². The van der Waals surface area contributed by atoms with Crippen LogP contribution in [0.15, 0.2) is 30.5 Å². The van der Waals surface area contributed by atoms with Crippen LogP contribution in [0, 0.1) is 0 Å². The highest BCUT2D eigenvalue weighted by Crippen LogP contribution is 2.31. The Morgan fingerprint density at radius 3 is 2.79 bits per heavy atom. The van der Waals surface area contributed by atoms with Crippen LogP contribution in [0.5, 0.6) is 0 Å². The minimum absolute atomic E-state index is 0.0555. The van der Waals surface area contributed by atoms with Gasteiger partial charge in [-0.1, -0.05) is 18.9 Å². The van der Waals surface area contributed by atoms with E-state index in [1.165, 1.54) is 42.1 Å². The first kappa shape index (κ1) is 15.7. The van der Waals surface area contributed by atoms with E-state index in [0.29, 0.717) is 12.1 Å². The summed E-state index contributed by atoms with van der Waals surface area (Å²) in [4.78, 5) is 18.3. The highest BCUT2D eigenvalue weighted by Gasteiger charge is 2.35. The zero-order chi connectivity index (χ0) is 16.5. The van der Waals surface area contributed by atoms with E-state index in [0.717, 1.165) is 19.4 Å². The maximum atomic E-state index is 12.7. The van der Waals surface area contributed by atoms with E-state index < -0.39 is 0 Å². The second kappa shape index (κ2) is 6.60. The van der Waals surface area contributed by atoms with Crippen molar-refractivity contribution in [1.29, 1.82) is 0 Å². The molecule has 0 aliphatic heterocycles. The van der Waals surface area contributed by atoms with Crippen molar-refractivity contribution in [3.63, 3.8) is 0 Å². The second-order valence-corrected chi connectivity index (χ2v) is 7.47. The molecule has 2 N–H and O–H groups in total. The Balaban J connectivity index is 1.45. The summed E-state index contributed by atoms with van der Waals surface area (Å²) in [6.07, 6.45) is 9.20. The van der Waals surface area contributed by atoms with Gasteiger partial charge in [-0.25, -0.2) is 0 Å². The Bertz CT molecular complexity index is 712. The molecule has 2 saturated carbocycles. The van der Waals surface area contributed by atoms with Crippen LogP contribution in [0.3, 0.4) is 0 Å². The Morgan fingerprint density at radius 1 is 1.25 bits per heavy atom. The molecular formula is C20H27N3O. The molecule has 0 radical (unpaired) electrons. The van der Waals surface area contributed by atoms with Gasteiger partial charge in [0.1, 0.15) is 0 Å². The highest BCUT2D eigenvalue weighted by atomic mass is 16.2. The number of nitrogens with zero attached hydrogens (tertiary/aromatic N) is 1. The average Bonchev–Trinajstić information content (AvgIpc) is 3.09. The molecule has 24 heavy (non-hydrogen) atoms. The van der Waals surface area contributed by atoms with Gasteiger partial charge in [-0.15, -0.1) is 0 Å². The fraction of sp³-hybridized carbons (Fsp3) is 0.550. The Morgan fingerprint density at radius 2 is 2.04 bits per heavy atom. The topological polar surface area (TPSA) is 48.1 Å². The van der Waals surface area contributed by atoms with Gasteiger partial charge in [0.25, 0.3) is 0 Å². The number of benzene rings is 1. The van der Waals surface area contributed by atoms with Crippen molar-refractivity contribution >= 4 is 16.8 Å². The predicted molar refractivity (Wildman–Crippen MR) is 96.7 cm³/mol. The summed E-state index contributed by atoms with van der Waals surface area (Å²) in [7, 11) is 0. The first-order valence-electron chi connectivity index (χ1n) is 9.33. The summed E-state index contributed by atoms with van der Waals surface area (Å²) in [5.74, 6) is 0.205. The van der Waals surface area contributed by atoms with E-state index in [1.54, 1.807) is 0 Å². The fourth-order valence-corrected chi connectivity index (χ4v) is 3.94. The number of rotatable bonds is 6. The number of H-pyrrole nitrogens is 1. The lowest BCUT2D eigenvalue weighted by atomic mass is 10.1. The predicted octanol–water partition coefficient (Wildman–Crippen LogP) is 3.58. The molecule has 1 heterocycles. The average molecular weight is 325 g/mol. The first-order valence-corrected chi connectivity index (χ1v) is 9.33. The number of nitrogens with one attached hydrogen (secondary N) is 2. The molecule has 0 spiro atoms. The standard InChI is InChI=1S/C20H27N3O/c1-14(20(24)22-17-4-2-3-5-17)23(18-7-8-18)13-15-6-9-19-16(12-15)10-11-21-19/h6,9-12,14,17-18,21H,2-5,7-8,13H2,1H3,(H,22,24)/t14-/m1/s1. The van der Waals surface area contributed by atoms with E-state index >= 15 is 0 Å². The summed E-state index contributed by atoms with van der Waals surface area (Å²) in [5, 5.41) is 4.51. The monoisotopic (exact) mass is 325 g/mol. The molecule has 0 saturated heterocycles. The van der Waals surface area contributed by atoms with E-state index in [2.05, 4.69) is 46.4 Å². The number of aromatic nitrogens is 1. The molecule has 1 aromatic carbocycles. The molecular weight excluding hydrogens is 298 g/mol. The van der Waals surface area contributed by atoms with Crippen LogP contribution in [0.25, 0.3) is 10.9 Å². The van der Waals surface area contributed by atoms with Gasteiger partial charge in [-0.2, -0.15) is 0 Å². The minimum Gasteiger partial charge on any atom is -0.361 e. The quantitative estimate of drug-likeness (QED) is 0.853. The van der Waals surface area contributed by atoms with Crippen LogP contribution >= 0.6 is 0 Å². The summed E-state index contributed by atoms with van der Waals surface area (Å²) >= 11 is 0. The van der Waals surface area contributed by atoms with Crippen molar-refractivity contribution in [1.82, 2.24) is 15.2 Å². The van der Waals surface area contributed by atoms with Crippen molar-refractivity contribution in [3.8, 4) is 0 Å². The van der Waals surface area contributed by atoms with Crippen LogP contribution in [-0.4, -0.2) is 33.9 Å². The third kappa shape index (κ3) is 3.34. The summed E-state index contributed by atoms with van der Waals surface area (Å²) < 4.78 is 0. The molecule has 4 nitrogen and oxygen atoms in total. The largest absolute Gasteiger partial charge is 0.361 e. The molecule has 2 aromatic rings. The van der Waals surface area contributed by atoms with Crippen LogP contribution in [0.2, 0.25) is 0 Å². The number of fused-ring (bicyclic) bond motifs is 1. The zero-order valence-electron chi connectivity index (χ0n) is 14.4.